The number of aliphatic hydroxyl groups excluding tert-OH is 3. The standard InChI is InChI=1S/C41H68O4/c1-5-9-13-17-21-34-25-27-38(36(29-34)23-19-15-11-7-3)40(41(31-42,32-43)33-44)45-39-28-26-35(22-18-14-10-6-2)30-37(39)24-20-16-12-8-4/h25-30,40,42-44H,5-24,31-33H2,1-4H3. The van der Waals surface area contributed by atoms with Crippen molar-refractivity contribution in [1.82, 2.24) is 0 Å². The van der Waals surface area contributed by atoms with Crippen molar-refractivity contribution in [2.45, 2.75) is 162 Å². The first kappa shape index (κ1) is 39.3. The number of benzene rings is 2. The van der Waals surface area contributed by atoms with E-state index in [1.807, 2.05) is 0 Å². The Morgan fingerprint density at radius 2 is 0.933 bits per heavy atom. The molecule has 45 heavy (non-hydrogen) atoms. The van der Waals surface area contributed by atoms with Gasteiger partial charge in [0, 0.05) is 0 Å². The van der Waals surface area contributed by atoms with Gasteiger partial charge in [0.2, 0.25) is 0 Å². The Hall–Kier alpha value is -1.88. The Bertz CT molecular complexity index is 1020. The fraction of sp³-hybridized carbons (Fsp3) is 0.707. The van der Waals surface area contributed by atoms with Crippen LogP contribution in [0.1, 0.15) is 164 Å². The van der Waals surface area contributed by atoms with Crippen LogP contribution in [0.25, 0.3) is 0 Å². The van der Waals surface area contributed by atoms with Crippen LogP contribution in [-0.4, -0.2) is 35.1 Å². The van der Waals surface area contributed by atoms with E-state index in [-0.39, 0.29) is 19.8 Å². The van der Waals surface area contributed by atoms with Crippen LogP contribution in [0.2, 0.25) is 0 Å². The fourth-order valence-corrected chi connectivity index (χ4v) is 6.43. The average molecular weight is 625 g/mol. The summed E-state index contributed by atoms with van der Waals surface area (Å²) in [6.45, 7) is 7.89. The third kappa shape index (κ3) is 13.4. The maximum Gasteiger partial charge on any atom is 0.136 e. The predicted molar refractivity (Wildman–Crippen MR) is 191 cm³/mol. The zero-order valence-corrected chi connectivity index (χ0v) is 29.6. The van der Waals surface area contributed by atoms with E-state index in [4.69, 9.17) is 4.74 Å². The van der Waals surface area contributed by atoms with Crippen molar-refractivity contribution >= 4 is 0 Å². The maximum atomic E-state index is 10.7. The summed E-state index contributed by atoms with van der Waals surface area (Å²) in [5, 5.41) is 32.1. The molecule has 256 valence electrons. The Morgan fingerprint density at radius 1 is 0.511 bits per heavy atom. The number of hydrogen-bond acceptors (Lipinski definition) is 4. The van der Waals surface area contributed by atoms with Gasteiger partial charge in [-0.15, -0.1) is 0 Å². The summed E-state index contributed by atoms with van der Waals surface area (Å²) in [7, 11) is 0. The minimum Gasteiger partial charge on any atom is -0.485 e. The van der Waals surface area contributed by atoms with Gasteiger partial charge in [0.15, 0.2) is 0 Å². The van der Waals surface area contributed by atoms with E-state index >= 15 is 0 Å². The largest absolute Gasteiger partial charge is 0.485 e. The third-order valence-electron chi connectivity index (χ3n) is 9.60. The van der Waals surface area contributed by atoms with E-state index in [9.17, 15) is 15.3 Å². The van der Waals surface area contributed by atoms with E-state index < -0.39 is 11.5 Å². The molecular weight excluding hydrogens is 556 g/mol. The molecule has 4 nitrogen and oxygen atoms in total. The molecule has 2 aromatic rings. The molecule has 0 fully saturated rings. The number of aryl methyl sites for hydroxylation is 4. The molecule has 1 atom stereocenters. The topological polar surface area (TPSA) is 69.9 Å². The molecule has 0 aliphatic carbocycles. The molecule has 0 saturated carbocycles. The van der Waals surface area contributed by atoms with Gasteiger partial charge in [-0.05, 0) is 85.3 Å². The molecule has 0 radical (unpaired) electrons. The first-order chi connectivity index (χ1) is 22.0. The second-order valence-corrected chi connectivity index (χ2v) is 13.6. The van der Waals surface area contributed by atoms with E-state index in [1.165, 1.54) is 112 Å². The number of unbranched alkanes of at least 4 members (excludes halogenated alkanes) is 12. The normalized spacial score (nSPS) is 12.5. The molecule has 4 heteroatoms. The highest BCUT2D eigenvalue weighted by atomic mass is 16.5. The lowest BCUT2D eigenvalue weighted by Crippen LogP contribution is -2.43. The SMILES string of the molecule is CCCCCCc1ccc(OC(c2ccc(CCCCCC)cc2CCCCCC)C(CO)(CO)CO)c(CCCCCC)c1. The molecule has 0 spiro atoms. The summed E-state index contributed by atoms with van der Waals surface area (Å²) >= 11 is 0. The highest BCUT2D eigenvalue weighted by molar-refractivity contribution is 5.41. The molecule has 2 aromatic carbocycles. The lowest BCUT2D eigenvalue weighted by molar-refractivity contribution is -0.0748. The van der Waals surface area contributed by atoms with Gasteiger partial charge in [0.25, 0.3) is 0 Å². The Kier molecular flexibility index (Phi) is 20.5. The highest BCUT2D eigenvalue weighted by Crippen LogP contribution is 2.41. The number of aliphatic hydroxyl groups is 3. The van der Waals surface area contributed by atoms with Gasteiger partial charge in [-0.1, -0.05) is 135 Å². The minimum absolute atomic E-state index is 0.361. The maximum absolute atomic E-state index is 10.7. The average Bonchev–Trinajstić information content (AvgIpc) is 3.07. The van der Waals surface area contributed by atoms with Crippen molar-refractivity contribution in [3.63, 3.8) is 0 Å². The molecule has 2 rings (SSSR count). The summed E-state index contributed by atoms with van der Waals surface area (Å²) in [5.41, 5.74) is 4.89. The molecule has 0 saturated heterocycles. The molecule has 1 unspecified atom stereocenters. The van der Waals surface area contributed by atoms with Gasteiger partial charge >= 0.3 is 0 Å². The van der Waals surface area contributed by atoms with Crippen molar-refractivity contribution in [2.75, 3.05) is 19.8 Å². The Balaban J connectivity index is 2.53. The van der Waals surface area contributed by atoms with Gasteiger partial charge in [-0.3, -0.25) is 0 Å². The van der Waals surface area contributed by atoms with Crippen molar-refractivity contribution in [3.8, 4) is 5.75 Å². The molecule has 0 aliphatic heterocycles. The van der Waals surface area contributed by atoms with Gasteiger partial charge in [-0.2, -0.15) is 0 Å². The minimum atomic E-state index is -1.21. The Labute approximate surface area is 277 Å². The summed E-state index contributed by atoms with van der Waals surface area (Å²) in [6.07, 6.45) is 22.6. The van der Waals surface area contributed by atoms with Crippen LogP contribution in [0.3, 0.4) is 0 Å². The molecule has 0 heterocycles. The highest BCUT2D eigenvalue weighted by Gasteiger charge is 2.42. The van der Waals surface area contributed by atoms with Crippen molar-refractivity contribution in [2.24, 2.45) is 5.41 Å². The fourth-order valence-electron chi connectivity index (χ4n) is 6.43. The third-order valence-corrected chi connectivity index (χ3v) is 9.60. The molecular formula is C41H68O4. The quantitative estimate of drug-likeness (QED) is 0.0865. The summed E-state index contributed by atoms with van der Waals surface area (Å²) in [4.78, 5) is 0. The molecule has 0 aromatic heterocycles. The zero-order chi connectivity index (χ0) is 32.8. The van der Waals surface area contributed by atoms with Gasteiger partial charge in [0.1, 0.15) is 11.9 Å². The van der Waals surface area contributed by atoms with Crippen molar-refractivity contribution < 1.29 is 20.1 Å². The van der Waals surface area contributed by atoms with Crippen LogP contribution in [0.4, 0.5) is 0 Å². The van der Waals surface area contributed by atoms with Crippen LogP contribution in [-0.2, 0) is 25.7 Å². The van der Waals surface area contributed by atoms with Gasteiger partial charge in [0.05, 0.1) is 25.2 Å². The number of hydrogen-bond donors (Lipinski definition) is 3. The smallest absolute Gasteiger partial charge is 0.136 e. The van der Waals surface area contributed by atoms with Crippen LogP contribution in [0, 0.1) is 5.41 Å². The molecule has 0 amide bonds. The van der Waals surface area contributed by atoms with E-state index in [0.29, 0.717) is 0 Å². The summed E-state index contributed by atoms with van der Waals surface area (Å²) in [6, 6.07) is 13.3. The van der Waals surface area contributed by atoms with E-state index in [2.05, 4.69) is 64.1 Å². The Morgan fingerprint density at radius 3 is 1.40 bits per heavy atom. The van der Waals surface area contributed by atoms with Crippen LogP contribution >= 0.6 is 0 Å². The first-order valence-corrected chi connectivity index (χ1v) is 18.7. The first-order valence-electron chi connectivity index (χ1n) is 18.7. The lowest BCUT2D eigenvalue weighted by Gasteiger charge is -2.38. The predicted octanol–water partition coefficient (Wildman–Crippen LogP) is 10.3. The van der Waals surface area contributed by atoms with Crippen LogP contribution in [0.15, 0.2) is 36.4 Å². The van der Waals surface area contributed by atoms with E-state index in [1.54, 1.807) is 0 Å². The van der Waals surface area contributed by atoms with Crippen molar-refractivity contribution in [3.05, 3.63) is 64.2 Å². The van der Waals surface area contributed by atoms with E-state index in [0.717, 1.165) is 49.8 Å². The lowest BCUT2D eigenvalue weighted by atomic mass is 9.78. The second-order valence-electron chi connectivity index (χ2n) is 13.6. The molecule has 0 aliphatic rings. The summed E-state index contributed by atoms with van der Waals surface area (Å²) < 4.78 is 6.97. The van der Waals surface area contributed by atoms with Crippen LogP contribution in [0.5, 0.6) is 5.75 Å². The van der Waals surface area contributed by atoms with Gasteiger partial charge in [-0.25, -0.2) is 0 Å². The number of ether oxygens (including phenoxy) is 1. The molecule has 3 N–H and O–H groups in total. The van der Waals surface area contributed by atoms with Crippen molar-refractivity contribution in [1.29, 1.82) is 0 Å². The number of rotatable bonds is 27. The summed E-state index contributed by atoms with van der Waals surface area (Å²) in [5.74, 6) is 0.814. The van der Waals surface area contributed by atoms with Gasteiger partial charge < -0.3 is 20.1 Å². The molecule has 0 bridgehead atoms. The zero-order valence-electron chi connectivity index (χ0n) is 29.6. The van der Waals surface area contributed by atoms with Crippen LogP contribution < -0.4 is 4.74 Å². The monoisotopic (exact) mass is 625 g/mol. The second kappa shape index (κ2) is 23.4.